The predicted molar refractivity (Wildman–Crippen MR) is 120 cm³/mol. The van der Waals surface area contributed by atoms with Gasteiger partial charge in [-0.3, -0.25) is 24.2 Å². The zero-order chi connectivity index (χ0) is 25.1. The van der Waals surface area contributed by atoms with Gasteiger partial charge in [0.1, 0.15) is 18.1 Å². The number of guanidine groups is 1. The fourth-order valence-corrected chi connectivity index (χ4v) is 3.51. The molecule has 1 aliphatic heterocycles. The Hall–Kier alpha value is -3.07. The maximum Gasteiger partial charge on any atom is 0.326 e. The topological polar surface area (TPSA) is 244 Å². The van der Waals surface area contributed by atoms with E-state index < -0.39 is 60.2 Å². The molecule has 10 N–H and O–H groups in total. The van der Waals surface area contributed by atoms with Crippen molar-refractivity contribution in [1.82, 2.24) is 15.5 Å². The van der Waals surface area contributed by atoms with Gasteiger partial charge in [-0.05, 0) is 25.7 Å². The summed E-state index contributed by atoms with van der Waals surface area (Å²) < 4.78 is 0. The van der Waals surface area contributed by atoms with Crippen molar-refractivity contribution in [2.24, 2.45) is 22.2 Å². The van der Waals surface area contributed by atoms with Crippen molar-refractivity contribution in [3.05, 3.63) is 0 Å². The van der Waals surface area contributed by atoms with E-state index in [0.29, 0.717) is 12.8 Å². The van der Waals surface area contributed by atoms with Crippen molar-refractivity contribution < 1.29 is 34.2 Å². The molecule has 0 aliphatic carbocycles. The van der Waals surface area contributed by atoms with E-state index >= 15 is 0 Å². The normalized spacial score (nSPS) is 18.0. The van der Waals surface area contributed by atoms with E-state index in [9.17, 15) is 29.1 Å². The first-order valence-corrected chi connectivity index (χ1v) is 10.9. The Bertz CT molecular complexity index is 775. The van der Waals surface area contributed by atoms with Crippen LogP contribution >= 0.6 is 12.6 Å². The number of carbonyl (C=O) groups is 5. The Morgan fingerprint density at radius 1 is 1.09 bits per heavy atom. The Kier molecular flexibility index (Phi) is 11.4. The fraction of sp³-hybridized carbons (Fsp3) is 0.667. The summed E-state index contributed by atoms with van der Waals surface area (Å²) in [5.41, 5.74) is 16.2. The molecule has 0 spiro atoms. The molecule has 186 valence electrons. The van der Waals surface area contributed by atoms with Crippen molar-refractivity contribution in [3.63, 3.8) is 0 Å². The molecule has 0 saturated carbocycles. The number of carbonyl (C=O) groups excluding carboxylic acids is 3. The fourth-order valence-electron chi connectivity index (χ4n) is 3.26. The van der Waals surface area contributed by atoms with Crippen molar-refractivity contribution in [2.45, 2.75) is 56.3 Å². The van der Waals surface area contributed by atoms with Crippen molar-refractivity contribution in [2.75, 3.05) is 18.8 Å². The molecule has 3 amide bonds. The van der Waals surface area contributed by atoms with Gasteiger partial charge in [0.05, 0.1) is 12.5 Å². The van der Waals surface area contributed by atoms with E-state index in [1.54, 1.807) is 0 Å². The molecule has 14 nitrogen and oxygen atoms in total. The molecule has 0 aromatic heterocycles. The lowest BCUT2D eigenvalue weighted by Crippen LogP contribution is -2.58. The van der Waals surface area contributed by atoms with Gasteiger partial charge in [0.25, 0.3) is 0 Å². The highest BCUT2D eigenvalue weighted by atomic mass is 32.1. The van der Waals surface area contributed by atoms with Gasteiger partial charge in [-0.25, -0.2) is 4.79 Å². The summed E-state index contributed by atoms with van der Waals surface area (Å²) in [6.45, 7) is 0.446. The smallest absolute Gasteiger partial charge is 0.326 e. The third-order valence-electron chi connectivity index (χ3n) is 4.93. The maximum atomic E-state index is 12.7. The highest BCUT2D eigenvalue weighted by Gasteiger charge is 2.38. The Morgan fingerprint density at radius 3 is 2.27 bits per heavy atom. The van der Waals surface area contributed by atoms with Crippen LogP contribution in [0, 0.1) is 0 Å². The molecule has 15 heteroatoms. The van der Waals surface area contributed by atoms with E-state index in [0.717, 1.165) is 4.90 Å². The maximum absolute atomic E-state index is 12.7. The van der Waals surface area contributed by atoms with Gasteiger partial charge in [0, 0.05) is 18.8 Å². The van der Waals surface area contributed by atoms with Gasteiger partial charge in [-0.2, -0.15) is 12.6 Å². The minimum absolute atomic E-state index is 0.108. The quantitative estimate of drug-likeness (QED) is 0.0557. The van der Waals surface area contributed by atoms with Crippen LogP contribution in [0.5, 0.6) is 0 Å². The number of carboxylic acid groups (broad SMARTS) is 2. The number of amides is 3. The molecule has 1 saturated heterocycles. The Morgan fingerprint density at radius 2 is 1.73 bits per heavy atom. The molecule has 1 fully saturated rings. The number of hydrogen-bond donors (Lipinski definition) is 8. The molecule has 4 atom stereocenters. The monoisotopic (exact) mass is 489 g/mol. The molecular weight excluding hydrogens is 458 g/mol. The second-order valence-electron chi connectivity index (χ2n) is 7.49. The molecule has 0 radical (unpaired) electrons. The minimum Gasteiger partial charge on any atom is -0.481 e. The van der Waals surface area contributed by atoms with Gasteiger partial charge in [-0.1, -0.05) is 0 Å². The summed E-state index contributed by atoms with van der Waals surface area (Å²) in [4.78, 5) is 65.2. The second-order valence-corrected chi connectivity index (χ2v) is 7.85. The summed E-state index contributed by atoms with van der Waals surface area (Å²) in [7, 11) is 0. The highest BCUT2D eigenvalue weighted by Crippen LogP contribution is 2.19. The number of nitrogens with one attached hydrogen (secondary N) is 2. The van der Waals surface area contributed by atoms with E-state index in [1.807, 2.05) is 0 Å². The zero-order valence-electron chi connectivity index (χ0n) is 18.0. The van der Waals surface area contributed by atoms with E-state index in [-0.39, 0.29) is 37.6 Å². The predicted octanol–water partition coefficient (Wildman–Crippen LogP) is -3.18. The second kappa shape index (κ2) is 13.5. The van der Waals surface area contributed by atoms with Crippen molar-refractivity contribution in [3.8, 4) is 0 Å². The largest absolute Gasteiger partial charge is 0.481 e. The molecule has 4 unspecified atom stereocenters. The van der Waals surface area contributed by atoms with Crippen LogP contribution in [0.4, 0.5) is 0 Å². The first-order chi connectivity index (χ1) is 15.5. The SMILES string of the molecule is NC(N)=NCCCC(N)C(=O)NC(CC(=O)O)C(=O)NC(CS)C(=O)N1CCCC1C(=O)O. The average molecular weight is 490 g/mol. The number of likely N-dealkylation sites (tertiary alicyclic amines) is 1. The summed E-state index contributed by atoms with van der Waals surface area (Å²) in [6.07, 6.45) is 0.571. The van der Waals surface area contributed by atoms with Gasteiger partial charge in [-0.15, -0.1) is 0 Å². The standard InChI is InChI=1S/C18H31N7O7S/c19-9(3-1-5-22-18(20)21)14(28)23-10(7-13(26)27)15(29)24-11(8-33)16(30)25-6-2-4-12(25)17(31)32/h9-12,33H,1-8,19H2,(H,23,28)(H,24,29)(H,26,27)(H,31,32)(H4,20,21,22). The van der Waals surface area contributed by atoms with Crippen LogP contribution in [0.15, 0.2) is 4.99 Å². The molecule has 1 rings (SSSR count). The Balaban J connectivity index is 2.79. The van der Waals surface area contributed by atoms with Gasteiger partial charge in [0.2, 0.25) is 17.7 Å². The van der Waals surface area contributed by atoms with Gasteiger partial charge < -0.3 is 42.9 Å². The van der Waals surface area contributed by atoms with Crippen molar-refractivity contribution >= 4 is 48.2 Å². The van der Waals surface area contributed by atoms with E-state index in [4.69, 9.17) is 22.3 Å². The Labute approximate surface area is 195 Å². The van der Waals surface area contributed by atoms with Gasteiger partial charge in [0.15, 0.2) is 5.96 Å². The zero-order valence-corrected chi connectivity index (χ0v) is 18.9. The van der Waals surface area contributed by atoms with Crippen LogP contribution in [0.1, 0.15) is 32.1 Å². The lowest BCUT2D eigenvalue weighted by molar-refractivity contribution is -0.149. The summed E-state index contributed by atoms with van der Waals surface area (Å²) in [5, 5.41) is 23.0. The highest BCUT2D eigenvalue weighted by molar-refractivity contribution is 7.80. The third kappa shape index (κ3) is 9.13. The number of aliphatic carboxylic acids is 2. The molecule has 1 heterocycles. The molecule has 33 heavy (non-hydrogen) atoms. The number of hydrogen-bond acceptors (Lipinski definition) is 8. The lowest BCUT2D eigenvalue weighted by Gasteiger charge is -2.28. The molecule has 0 bridgehead atoms. The summed E-state index contributed by atoms with van der Waals surface area (Å²) >= 11 is 4.04. The van der Waals surface area contributed by atoms with Crippen LogP contribution in [-0.4, -0.2) is 93.7 Å². The van der Waals surface area contributed by atoms with Crippen LogP contribution < -0.4 is 27.8 Å². The number of rotatable bonds is 13. The van der Waals surface area contributed by atoms with Gasteiger partial charge >= 0.3 is 11.9 Å². The molecule has 0 aromatic carbocycles. The lowest BCUT2D eigenvalue weighted by atomic mass is 10.1. The first kappa shape index (κ1) is 28.0. The first-order valence-electron chi connectivity index (χ1n) is 10.3. The van der Waals surface area contributed by atoms with Crippen LogP contribution in [0.3, 0.4) is 0 Å². The van der Waals surface area contributed by atoms with Crippen LogP contribution in [-0.2, 0) is 24.0 Å². The minimum atomic E-state index is -1.51. The summed E-state index contributed by atoms with van der Waals surface area (Å²) in [5.74, 6) is -5.14. The number of carboxylic acids is 2. The van der Waals surface area contributed by atoms with Crippen LogP contribution in [0.2, 0.25) is 0 Å². The number of nitrogens with two attached hydrogens (primary N) is 3. The van der Waals surface area contributed by atoms with E-state index in [2.05, 4.69) is 28.3 Å². The van der Waals surface area contributed by atoms with E-state index in [1.165, 1.54) is 0 Å². The molecular formula is C18H31N7O7S. The average Bonchev–Trinajstić information content (AvgIpc) is 3.23. The number of thiol groups is 1. The molecule has 1 aliphatic rings. The number of aliphatic imine (C=N–C) groups is 1. The van der Waals surface area contributed by atoms with Crippen LogP contribution in [0.25, 0.3) is 0 Å². The summed E-state index contributed by atoms with van der Waals surface area (Å²) in [6, 6.07) is -4.78. The van der Waals surface area contributed by atoms with Crippen molar-refractivity contribution in [1.29, 1.82) is 0 Å². The third-order valence-corrected chi connectivity index (χ3v) is 5.30. The number of nitrogens with zero attached hydrogens (tertiary/aromatic N) is 2. The molecule has 0 aromatic rings.